The van der Waals surface area contributed by atoms with Gasteiger partial charge < -0.3 is 24.8 Å². The fraction of sp³-hybridized carbons (Fsp3) is 0.632. The first-order valence-electron chi connectivity index (χ1n) is 8.67. The van der Waals surface area contributed by atoms with Gasteiger partial charge in [-0.1, -0.05) is 13.8 Å². The molecule has 0 amide bonds. The van der Waals surface area contributed by atoms with Crippen LogP contribution in [0.1, 0.15) is 34.1 Å². The number of methoxy groups -OCH3 is 2. The predicted octanol–water partition coefficient (Wildman–Crippen LogP) is 3.90. The lowest BCUT2D eigenvalue weighted by molar-refractivity contribution is -0.176. The van der Waals surface area contributed by atoms with Gasteiger partial charge in [0.15, 0.2) is 17.5 Å². The van der Waals surface area contributed by atoms with Crippen LogP contribution in [0.15, 0.2) is 23.2 Å². The minimum absolute atomic E-state index is 0. The molecular weight excluding hydrogens is 445 g/mol. The average Bonchev–Trinajstić information content (AvgIpc) is 2.61. The summed E-state index contributed by atoms with van der Waals surface area (Å²) < 4.78 is 16.6. The number of benzene rings is 1. The van der Waals surface area contributed by atoms with Crippen LogP contribution >= 0.6 is 24.0 Å². The van der Waals surface area contributed by atoms with Gasteiger partial charge in [-0.3, -0.25) is 4.99 Å². The van der Waals surface area contributed by atoms with E-state index in [9.17, 15) is 0 Å². The quantitative estimate of drug-likeness (QED) is 0.370. The largest absolute Gasteiger partial charge is 0.493 e. The number of hydrogen-bond donors (Lipinski definition) is 2. The Morgan fingerprint density at radius 1 is 1.23 bits per heavy atom. The summed E-state index contributed by atoms with van der Waals surface area (Å²) in [5.41, 5.74) is 0.780. The molecule has 0 spiro atoms. The molecule has 2 atom stereocenters. The van der Waals surface area contributed by atoms with Crippen LogP contribution in [0.2, 0.25) is 0 Å². The highest BCUT2D eigenvalue weighted by molar-refractivity contribution is 14.0. The summed E-state index contributed by atoms with van der Waals surface area (Å²) >= 11 is 0. The third-order valence-corrected chi connectivity index (χ3v) is 5.54. The summed E-state index contributed by atoms with van der Waals surface area (Å²) in [4.78, 5) is 4.34. The first-order valence-corrected chi connectivity index (χ1v) is 8.67. The first-order chi connectivity index (χ1) is 11.8. The highest BCUT2D eigenvalue weighted by Gasteiger charge is 2.58. The Hall–Kier alpha value is -1.22. The third kappa shape index (κ3) is 4.36. The lowest BCUT2D eigenvalue weighted by atomic mass is 9.56. The topological polar surface area (TPSA) is 64.1 Å². The van der Waals surface area contributed by atoms with E-state index in [2.05, 4.69) is 36.4 Å². The summed E-state index contributed by atoms with van der Waals surface area (Å²) in [7, 11) is 5.18. The number of guanidine groups is 1. The molecule has 0 heterocycles. The van der Waals surface area contributed by atoms with Gasteiger partial charge in [0.05, 0.1) is 19.3 Å². The van der Waals surface area contributed by atoms with Gasteiger partial charge in [-0.25, -0.2) is 0 Å². The van der Waals surface area contributed by atoms with Crippen LogP contribution in [0.5, 0.6) is 11.5 Å². The predicted molar refractivity (Wildman–Crippen MR) is 117 cm³/mol. The van der Waals surface area contributed by atoms with Crippen LogP contribution in [0, 0.1) is 5.41 Å². The molecule has 2 rings (SSSR count). The van der Waals surface area contributed by atoms with E-state index in [4.69, 9.17) is 14.2 Å². The SMILES string of the molecule is CCOc1ccc(NC(=NC)NC2CC(C)(OC)C2(C)C)cc1OC.I. The zero-order valence-electron chi connectivity index (χ0n) is 16.8. The number of aliphatic imine (C=N–C) groups is 1. The summed E-state index contributed by atoms with van der Waals surface area (Å²) in [6.07, 6.45) is 0.934. The first kappa shape index (κ1) is 22.8. The maximum absolute atomic E-state index is 5.69. The van der Waals surface area contributed by atoms with E-state index in [1.165, 1.54) is 0 Å². The average molecular weight is 477 g/mol. The molecule has 1 aromatic carbocycles. The Morgan fingerprint density at radius 2 is 1.92 bits per heavy atom. The fourth-order valence-corrected chi connectivity index (χ4v) is 3.20. The van der Waals surface area contributed by atoms with Crippen LogP contribution < -0.4 is 20.1 Å². The van der Waals surface area contributed by atoms with Crippen molar-refractivity contribution in [3.63, 3.8) is 0 Å². The molecule has 7 heteroatoms. The number of nitrogens with one attached hydrogen (secondary N) is 2. The van der Waals surface area contributed by atoms with Crippen LogP contribution in [-0.4, -0.2) is 45.5 Å². The molecule has 1 fully saturated rings. The number of nitrogens with zero attached hydrogens (tertiary/aromatic N) is 1. The molecule has 2 N–H and O–H groups in total. The molecule has 6 nitrogen and oxygen atoms in total. The van der Waals surface area contributed by atoms with Gasteiger partial charge in [0, 0.05) is 37.4 Å². The number of anilines is 1. The number of rotatable bonds is 6. The zero-order valence-corrected chi connectivity index (χ0v) is 19.1. The smallest absolute Gasteiger partial charge is 0.195 e. The highest BCUT2D eigenvalue weighted by atomic mass is 127. The van der Waals surface area contributed by atoms with Crippen molar-refractivity contribution in [3.8, 4) is 11.5 Å². The molecule has 1 aliphatic carbocycles. The number of hydrogen-bond acceptors (Lipinski definition) is 4. The standard InChI is InChI=1S/C19H31N3O3.HI/c1-8-25-14-10-9-13(11-15(14)23-6)21-17(20-5)22-16-12-19(4,24-7)18(16,2)3;/h9-11,16H,8,12H2,1-7H3,(H2,20,21,22);1H. The highest BCUT2D eigenvalue weighted by Crippen LogP contribution is 2.51. The molecule has 0 radical (unpaired) electrons. The van der Waals surface area contributed by atoms with Crippen molar-refractivity contribution in [2.24, 2.45) is 10.4 Å². The molecule has 1 aromatic rings. The van der Waals surface area contributed by atoms with Gasteiger partial charge in [0.2, 0.25) is 0 Å². The van der Waals surface area contributed by atoms with Crippen LogP contribution in [0.4, 0.5) is 5.69 Å². The fourth-order valence-electron chi connectivity index (χ4n) is 3.20. The van der Waals surface area contributed by atoms with Crippen molar-refractivity contribution in [2.45, 2.75) is 45.8 Å². The van der Waals surface area contributed by atoms with Crippen LogP contribution in [-0.2, 0) is 4.74 Å². The maximum atomic E-state index is 5.69. The molecule has 0 saturated heterocycles. The second-order valence-electron chi connectivity index (χ2n) is 7.05. The van der Waals surface area contributed by atoms with Crippen molar-refractivity contribution >= 4 is 35.6 Å². The Kier molecular flexibility index (Phi) is 8.01. The molecule has 2 unspecified atom stereocenters. The van der Waals surface area contributed by atoms with Crippen molar-refractivity contribution in [3.05, 3.63) is 18.2 Å². The minimum atomic E-state index is -0.119. The molecule has 0 bridgehead atoms. The lowest BCUT2D eigenvalue weighted by Gasteiger charge is -2.59. The van der Waals surface area contributed by atoms with Gasteiger partial charge in [0.25, 0.3) is 0 Å². The van der Waals surface area contributed by atoms with E-state index in [-0.39, 0.29) is 41.0 Å². The second kappa shape index (κ2) is 9.12. The molecule has 0 aromatic heterocycles. The van der Waals surface area contributed by atoms with E-state index in [0.29, 0.717) is 12.4 Å². The zero-order chi connectivity index (χ0) is 18.7. The Balaban J connectivity index is 0.00000338. The van der Waals surface area contributed by atoms with Gasteiger partial charge in [-0.15, -0.1) is 24.0 Å². The van der Waals surface area contributed by atoms with E-state index < -0.39 is 0 Å². The summed E-state index contributed by atoms with van der Waals surface area (Å²) in [5, 5.41) is 6.81. The van der Waals surface area contributed by atoms with Crippen LogP contribution in [0.3, 0.4) is 0 Å². The molecular formula is C19H32IN3O3. The van der Waals surface area contributed by atoms with Crippen molar-refractivity contribution in [1.82, 2.24) is 5.32 Å². The summed E-state index contributed by atoms with van der Waals surface area (Å²) in [6, 6.07) is 6.04. The van der Waals surface area contributed by atoms with Gasteiger partial charge in [-0.2, -0.15) is 0 Å². The maximum Gasteiger partial charge on any atom is 0.195 e. The number of halogens is 1. The van der Waals surface area contributed by atoms with Crippen molar-refractivity contribution < 1.29 is 14.2 Å². The van der Waals surface area contributed by atoms with Crippen molar-refractivity contribution in [1.29, 1.82) is 0 Å². The van der Waals surface area contributed by atoms with Crippen LogP contribution in [0.25, 0.3) is 0 Å². The van der Waals surface area contributed by atoms with E-state index in [0.717, 1.165) is 23.8 Å². The molecule has 1 aliphatic rings. The van der Waals surface area contributed by atoms with Gasteiger partial charge in [0.1, 0.15) is 0 Å². The Bertz CT molecular complexity index is 636. The molecule has 148 valence electrons. The van der Waals surface area contributed by atoms with Crippen molar-refractivity contribution in [2.75, 3.05) is 33.2 Å². The third-order valence-electron chi connectivity index (χ3n) is 5.54. The van der Waals surface area contributed by atoms with E-state index in [1.807, 2.05) is 25.1 Å². The second-order valence-corrected chi connectivity index (χ2v) is 7.05. The number of ether oxygens (including phenoxy) is 3. The molecule has 1 saturated carbocycles. The van der Waals surface area contributed by atoms with E-state index in [1.54, 1.807) is 21.3 Å². The summed E-state index contributed by atoms with van der Waals surface area (Å²) in [6.45, 7) is 9.13. The molecule has 26 heavy (non-hydrogen) atoms. The molecule has 0 aliphatic heterocycles. The normalized spacial score (nSPS) is 24.1. The Labute approximate surface area is 174 Å². The lowest BCUT2D eigenvalue weighted by Crippen LogP contribution is -2.69. The Morgan fingerprint density at radius 3 is 2.42 bits per heavy atom. The van der Waals surface area contributed by atoms with E-state index >= 15 is 0 Å². The summed E-state index contributed by atoms with van der Waals surface area (Å²) in [5.74, 6) is 2.15. The van der Waals surface area contributed by atoms with Gasteiger partial charge in [-0.05, 0) is 32.4 Å². The minimum Gasteiger partial charge on any atom is -0.493 e. The van der Waals surface area contributed by atoms with Gasteiger partial charge >= 0.3 is 0 Å². The monoisotopic (exact) mass is 477 g/mol.